The summed E-state index contributed by atoms with van der Waals surface area (Å²) in [5.74, 6) is 0.422. The average molecular weight is 370 g/mol. The molecule has 1 atom stereocenters. The van der Waals surface area contributed by atoms with Crippen molar-refractivity contribution in [2.75, 3.05) is 19.6 Å². The van der Waals surface area contributed by atoms with Crippen LogP contribution in [0, 0.1) is 5.92 Å². The fraction of sp³-hybridized carbons (Fsp3) is 0.571. The van der Waals surface area contributed by atoms with Crippen LogP contribution in [0.5, 0.6) is 0 Å². The van der Waals surface area contributed by atoms with Crippen molar-refractivity contribution in [2.24, 2.45) is 5.92 Å². The maximum absolute atomic E-state index is 12.8. The molecule has 1 amide bonds. The second kappa shape index (κ2) is 9.65. The molecule has 2 heterocycles. The molecule has 6 nitrogen and oxygen atoms in total. The number of carbonyl (C=O) groups is 1. The van der Waals surface area contributed by atoms with E-state index in [0.717, 1.165) is 38.8 Å². The van der Waals surface area contributed by atoms with Crippen LogP contribution in [0.3, 0.4) is 0 Å². The normalized spacial score (nSPS) is 17.1. The number of benzene rings is 1. The van der Waals surface area contributed by atoms with Crippen molar-refractivity contribution in [1.82, 2.24) is 20.4 Å². The number of unbranched alkanes of at least 4 members (excludes halogenated alkanes) is 2. The molecule has 3 rings (SSSR count). The van der Waals surface area contributed by atoms with Gasteiger partial charge in [0.25, 0.3) is 11.5 Å². The number of aromatic nitrogens is 2. The van der Waals surface area contributed by atoms with E-state index in [9.17, 15) is 9.59 Å². The lowest BCUT2D eigenvalue weighted by Gasteiger charge is -2.22. The molecular weight excluding hydrogens is 340 g/mol. The van der Waals surface area contributed by atoms with E-state index in [4.69, 9.17) is 0 Å². The van der Waals surface area contributed by atoms with E-state index in [-0.39, 0.29) is 11.5 Å². The highest BCUT2D eigenvalue weighted by molar-refractivity contribution is 6.04. The fourth-order valence-electron chi connectivity index (χ4n) is 3.71. The smallest absolute Gasteiger partial charge is 0.274 e. The highest BCUT2D eigenvalue weighted by atomic mass is 16.2. The van der Waals surface area contributed by atoms with Crippen molar-refractivity contribution in [1.29, 1.82) is 0 Å². The van der Waals surface area contributed by atoms with Crippen molar-refractivity contribution in [3.8, 4) is 0 Å². The first-order valence-electron chi connectivity index (χ1n) is 10.2. The lowest BCUT2D eigenvalue weighted by atomic mass is 9.96. The van der Waals surface area contributed by atoms with Crippen LogP contribution in [0.15, 0.2) is 29.1 Å². The van der Waals surface area contributed by atoms with Crippen molar-refractivity contribution >= 4 is 16.7 Å². The Labute approximate surface area is 160 Å². The Morgan fingerprint density at radius 2 is 2.11 bits per heavy atom. The van der Waals surface area contributed by atoms with Gasteiger partial charge >= 0.3 is 0 Å². The number of aryl methyl sites for hydroxylation is 1. The summed E-state index contributed by atoms with van der Waals surface area (Å²) >= 11 is 0. The molecule has 0 radical (unpaired) electrons. The summed E-state index contributed by atoms with van der Waals surface area (Å²) in [5, 5.41) is 12.0. The van der Waals surface area contributed by atoms with Crippen LogP contribution in [0.1, 0.15) is 55.9 Å². The van der Waals surface area contributed by atoms with Gasteiger partial charge < -0.3 is 10.6 Å². The van der Waals surface area contributed by atoms with Gasteiger partial charge in [-0.25, -0.2) is 4.68 Å². The summed E-state index contributed by atoms with van der Waals surface area (Å²) in [4.78, 5) is 25.5. The summed E-state index contributed by atoms with van der Waals surface area (Å²) in [6.07, 6.45) is 6.38. The van der Waals surface area contributed by atoms with Gasteiger partial charge in [0.1, 0.15) is 0 Å². The van der Waals surface area contributed by atoms with Gasteiger partial charge in [-0.05, 0) is 50.8 Å². The minimum atomic E-state index is -0.195. The molecule has 1 aliphatic rings. The summed E-state index contributed by atoms with van der Waals surface area (Å²) in [7, 11) is 0. The van der Waals surface area contributed by atoms with Crippen LogP contribution in [0.4, 0.5) is 0 Å². The first kappa shape index (κ1) is 19.5. The van der Waals surface area contributed by atoms with Gasteiger partial charge in [0, 0.05) is 18.5 Å². The number of carbonyl (C=O) groups excluding carboxylic acids is 1. The van der Waals surface area contributed by atoms with Gasteiger partial charge in [-0.15, -0.1) is 0 Å². The lowest BCUT2D eigenvalue weighted by Crippen LogP contribution is -2.34. The highest BCUT2D eigenvalue weighted by Crippen LogP contribution is 2.15. The molecule has 2 aromatic rings. The van der Waals surface area contributed by atoms with E-state index < -0.39 is 0 Å². The SMILES string of the molecule is CCCCCn1nc(C(=O)NCCC2CCCNC2)c2ccccc2c1=O. The Kier molecular flexibility index (Phi) is 6.98. The van der Waals surface area contributed by atoms with Gasteiger partial charge in [-0.1, -0.05) is 38.0 Å². The van der Waals surface area contributed by atoms with E-state index in [1.165, 1.54) is 17.5 Å². The molecule has 6 heteroatoms. The van der Waals surface area contributed by atoms with Gasteiger partial charge in [0.15, 0.2) is 5.69 Å². The first-order chi connectivity index (χ1) is 13.2. The Hall–Kier alpha value is -2.21. The number of nitrogens with one attached hydrogen (secondary N) is 2. The molecule has 1 fully saturated rings. The minimum Gasteiger partial charge on any atom is -0.351 e. The van der Waals surface area contributed by atoms with Crippen molar-refractivity contribution in [3.05, 3.63) is 40.3 Å². The van der Waals surface area contributed by atoms with E-state index in [1.807, 2.05) is 12.1 Å². The zero-order valence-electron chi connectivity index (χ0n) is 16.2. The van der Waals surface area contributed by atoms with E-state index in [2.05, 4.69) is 22.7 Å². The Morgan fingerprint density at radius 3 is 2.85 bits per heavy atom. The highest BCUT2D eigenvalue weighted by Gasteiger charge is 2.17. The molecule has 1 aromatic carbocycles. The monoisotopic (exact) mass is 370 g/mol. The van der Waals surface area contributed by atoms with Gasteiger partial charge in [-0.3, -0.25) is 9.59 Å². The zero-order chi connectivity index (χ0) is 19.1. The van der Waals surface area contributed by atoms with E-state index in [0.29, 0.717) is 35.5 Å². The molecule has 2 N–H and O–H groups in total. The Morgan fingerprint density at radius 1 is 1.30 bits per heavy atom. The second-order valence-corrected chi connectivity index (χ2v) is 7.39. The predicted octanol–water partition coefficient (Wildman–Crippen LogP) is 2.71. The standard InChI is InChI=1S/C21H30N4O2/c1-2-3-6-14-25-21(27)18-10-5-4-9-17(18)19(24-25)20(26)23-13-11-16-8-7-12-22-15-16/h4-5,9-10,16,22H,2-3,6-8,11-15H2,1H3,(H,23,26). The maximum atomic E-state index is 12.8. The van der Waals surface area contributed by atoms with Crippen LogP contribution in [0.2, 0.25) is 0 Å². The second-order valence-electron chi connectivity index (χ2n) is 7.39. The van der Waals surface area contributed by atoms with Gasteiger partial charge in [-0.2, -0.15) is 5.10 Å². The topological polar surface area (TPSA) is 76.0 Å². The molecule has 27 heavy (non-hydrogen) atoms. The quantitative estimate of drug-likeness (QED) is 0.701. The van der Waals surface area contributed by atoms with Crippen molar-refractivity contribution in [2.45, 2.75) is 52.0 Å². The molecule has 0 bridgehead atoms. The summed E-state index contributed by atoms with van der Waals surface area (Å²) < 4.78 is 1.46. The number of hydrogen-bond donors (Lipinski definition) is 2. The molecule has 0 spiro atoms. The maximum Gasteiger partial charge on any atom is 0.274 e. The molecular formula is C21H30N4O2. The predicted molar refractivity (Wildman–Crippen MR) is 108 cm³/mol. The first-order valence-corrected chi connectivity index (χ1v) is 10.2. The molecule has 1 aliphatic heterocycles. The third-order valence-corrected chi connectivity index (χ3v) is 5.29. The molecule has 0 aliphatic carbocycles. The zero-order valence-corrected chi connectivity index (χ0v) is 16.2. The number of nitrogens with zero attached hydrogens (tertiary/aromatic N) is 2. The van der Waals surface area contributed by atoms with Crippen molar-refractivity contribution in [3.63, 3.8) is 0 Å². The summed E-state index contributed by atoms with van der Waals surface area (Å²) in [5.41, 5.74) is 0.231. The fourth-order valence-corrected chi connectivity index (χ4v) is 3.71. The largest absolute Gasteiger partial charge is 0.351 e. The molecule has 0 saturated carbocycles. The molecule has 1 aromatic heterocycles. The third-order valence-electron chi connectivity index (χ3n) is 5.29. The average Bonchev–Trinajstić information content (AvgIpc) is 2.70. The van der Waals surface area contributed by atoms with Gasteiger partial charge in [0.2, 0.25) is 0 Å². The number of piperidine rings is 1. The third kappa shape index (κ3) is 4.95. The number of rotatable bonds is 8. The number of amides is 1. The number of fused-ring (bicyclic) bond motifs is 1. The van der Waals surface area contributed by atoms with E-state index >= 15 is 0 Å². The lowest BCUT2D eigenvalue weighted by molar-refractivity contribution is 0.0945. The summed E-state index contributed by atoms with van der Waals surface area (Å²) in [6.45, 7) is 5.43. The van der Waals surface area contributed by atoms with Crippen LogP contribution >= 0.6 is 0 Å². The van der Waals surface area contributed by atoms with Crippen molar-refractivity contribution < 1.29 is 4.79 Å². The van der Waals surface area contributed by atoms with Gasteiger partial charge in [0.05, 0.1) is 5.39 Å². The Bertz CT molecular complexity index is 825. The van der Waals surface area contributed by atoms with Crippen LogP contribution in [-0.4, -0.2) is 35.3 Å². The Balaban J connectivity index is 1.75. The van der Waals surface area contributed by atoms with E-state index in [1.54, 1.807) is 12.1 Å². The molecule has 1 saturated heterocycles. The van der Waals surface area contributed by atoms with Crippen LogP contribution in [0.25, 0.3) is 10.8 Å². The summed E-state index contributed by atoms with van der Waals surface area (Å²) in [6, 6.07) is 7.26. The van der Waals surface area contributed by atoms with Crippen LogP contribution < -0.4 is 16.2 Å². The molecule has 1 unspecified atom stereocenters. The number of hydrogen-bond acceptors (Lipinski definition) is 4. The minimum absolute atomic E-state index is 0.119. The van der Waals surface area contributed by atoms with Crippen LogP contribution in [-0.2, 0) is 6.54 Å². The molecule has 146 valence electrons.